The zero-order valence-electron chi connectivity index (χ0n) is 16.9. The molecule has 1 aromatic rings. The second-order valence-electron chi connectivity index (χ2n) is 8.81. The molecule has 0 atom stereocenters. The molecule has 0 spiro atoms. The van der Waals surface area contributed by atoms with Crippen molar-refractivity contribution in [2.45, 2.75) is 39.0 Å². The molecular formula is C22H32N2O3. The van der Waals surface area contributed by atoms with Gasteiger partial charge in [-0.2, -0.15) is 0 Å². The predicted molar refractivity (Wildman–Crippen MR) is 106 cm³/mol. The van der Waals surface area contributed by atoms with Crippen molar-refractivity contribution < 1.29 is 14.3 Å². The fourth-order valence-electron chi connectivity index (χ4n) is 3.86. The average molecular weight is 373 g/mol. The number of carbonyl (C=O) groups excluding carboxylic acids is 2. The van der Waals surface area contributed by atoms with Crippen LogP contribution in [0.1, 0.15) is 49.5 Å². The molecule has 1 aromatic carbocycles. The number of likely N-dealkylation sites (tertiary alicyclic amines) is 1. The first-order chi connectivity index (χ1) is 12.8. The number of nitrogens with zero attached hydrogens (tertiary/aromatic N) is 2. The van der Waals surface area contributed by atoms with Gasteiger partial charge in [0.1, 0.15) is 0 Å². The molecular weight excluding hydrogens is 340 g/mol. The summed E-state index contributed by atoms with van der Waals surface area (Å²) in [6.07, 6.45) is 1.94. The molecule has 2 aliphatic rings. The van der Waals surface area contributed by atoms with Crippen molar-refractivity contribution in [2.75, 3.05) is 45.9 Å². The van der Waals surface area contributed by atoms with Crippen LogP contribution in [0.2, 0.25) is 0 Å². The fraction of sp³-hybridized carbons (Fsp3) is 0.636. The quantitative estimate of drug-likeness (QED) is 0.602. The summed E-state index contributed by atoms with van der Waals surface area (Å²) in [6, 6.07) is 7.47. The molecule has 0 N–H and O–H groups in total. The highest BCUT2D eigenvalue weighted by molar-refractivity contribution is 6.42. The zero-order chi connectivity index (χ0) is 19.4. The van der Waals surface area contributed by atoms with Gasteiger partial charge >= 0.3 is 0 Å². The zero-order valence-corrected chi connectivity index (χ0v) is 16.9. The number of hydrogen-bond acceptors (Lipinski definition) is 4. The van der Waals surface area contributed by atoms with Crippen molar-refractivity contribution in [3.8, 4) is 0 Å². The van der Waals surface area contributed by atoms with Crippen LogP contribution in [-0.2, 0) is 14.9 Å². The monoisotopic (exact) mass is 372 g/mol. The Balaban J connectivity index is 1.51. The van der Waals surface area contributed by atoms with Crippen LogP contribution in [0.3, 0.4) is 0 Å². The molecule has 2 heterocycles. The van der Waals surface area contributed by atoms with Crippen molar-refractivity contribution in [2.24, 2.45) is 5.92 Å². The highest BCUT2D eigenvalue weighted by Crippen LogP contribution is 2.23. The van der Waals surface area contributed by atoms with Gasteiger partial charge in [-0.05, 0) is 29.7 Å². The van der Waals surface area contributed by atoms with Crippen LogP contribution in [0, 0.1) is 5.92 Å². The van der Waals surface area contributed by atoms with Crippen LogP contribution in [0.5, 0.6) is 0 Å². The molecule has 148 valence electrons. The van der Waals surface area contributed by atoms with E-state index in [-0.39, 0.29) is 17.1 Å². The van der Waals surface area contributed by atoms with Crippen LogP contribution in [-0.4, -0.2) is 67.4 Å². The van der Waals surface area contributed by atoms with Crippen LogP contribution >= 0.6 is 0 Å². The van der Waals surface area contributed by atoms with Crippen molar-refractivity contribution in [3.63, 3.8) is 0 Å². The van der Waals surface area contributed by atoms with Gasteiger partial charge in [0, 0.05) is 38.3 Å². The van der Waals surface area contributed by atoms with Crippen LogP contribution in [0.4, 0.5) is 0 Å². The number of hydrogen-bond donors (Lipinski definition) is 0. The van der Waals surface area contributed by atoms with Gasteiger partial charge in [0.25, 0.3) is 5.91 Å². The lowest BCUT2D eigenvalue weighted by Crippen LogP contribution is -2.45. The summed E-state index contributed by atoms with van der Waals surface area (Å²) in [5, 5.41) is 0. The Hall–Kier alpha value is -1.72. The number of piperidine rings is 1. The number of morpholine rings is 1. The van der Waals surface area contributed by atoms with Gasteiger partial charge in [-0.25, -0.2) is 0 Å². The highest BCUT2D eigenvalue weighted by atomic mass is 16.5. The Kier molecular flexibility index (Phi) is 6.33. The van der Waals surface area contributed by atoms with Gasteiger partial charge in [0.2, 0.25) is 5.78 Å². The Morgan fingerprint density at radius 1 is 1.00 bits per heavy atom. The van der Waals surface area contributed by atoms with E-state index in [0.29, 0.717) is 24.6 Å². The van der Waals surface area contributed by atoms with E-state index in [1.54, 1.807) is 17.0 Å². The van der Waals surface area contributed by atoms with E-state index in [0.717, 1.165) is 51.3 Å². The van der Waals surface area contributed by atoms with E-state index < -0.39 is 0 Å². The third-order valence-corrected chi connectivity index (χ3v) is 5.73. The largest absolute Gasteiger partial charge is 0.379 e. The summed E-state index contributed by atoms with van der Waals surface area (Å²) in [5.74, 6) is -0.140. The summed E-state index contributed by atoms with van der Waals surface area (Å²) in [7, 11) is 0. The molecule has 2 fully saturated rings. The number of rotatable bonds is 4. The summed E-state index contributed by atoms with van der Waals surface area (Å²) in [6.45, 7) is 12.5. The molecule has 0 unspecified atom stereocenters. The predicted octanol–water partition coefficient (Wildman–Crippen LogP) is 2.74. The molecule has 0 radical (unpaired) electrons. The lowest BCUT2D eigenvalue weighted by Gasteiger charge is -2.35. The van der Waals surface area contributed by atoms with Gasteiger partial charge in [-0.1, -0.05) is 45.0 Å². The third kappa shape index (κ3) is 5.17. The Morgan fingerprint density at radius 3 is 2.15 bits per heavy atom. The third-order valence-electron chi connectivity index (χ3n) is 5.73. The maximum absolute atomic E-state index is 12.6. The molecule has 5 heteroatoms. The molecule has 0 saturated carbocycles. The van der Waals surface area contributed by atoms with Crippen LogP contribution in [0.25, 0.3) is 0 Å². The summed E-state index contributed by atoms with van der Waals surface area (Å²) >= 11 is 0. The van der Waals surface area contributed by atoms with Gasteiger partial charge in [0.15, 0.2) is 0 Å². The number of ether oxygens (including phenoxy) is 1. The van der Waals surface area contributed by atoms with E-state index in [9.17, 15) is 9.59 Å². The molecule has 3 rings (SSSR count). The number of Topliss-reactive ketones (excluding diaryl/α,β-unsaturated/α-hetero) is 1. The molecule has 0 aromatic heterocycles. The van der Waals surface area contributed by atoms with E-state index in [1.807, 2.05) is 12.1 Å². The minimum atomic E-state index is -0.387. The summed E-state index contributed by atoms with van der Waals surface area (Å²) < 4.78 is 5.40. The minimum absolute atomic E-state index is 0.0357. The highest BCUT2D eigenvalue weighted by Gasteiger charge is 2.29. The van der Waals surface area contributed by atoms with Gasteiger partial charge in [-0.3, -0.25) is 14.5 Å². The van der Waals surface area contributed by atoms with Gasteiger partial charge in [0.05, 0.1) is 13.2 Å². The Labute approximate surface area is 162 Å². The molecule has 0 aliphatic carbocycles. The summed E-state index contributed by atoms with van der Waals surface area (Å²) in [5.41, 5.74) is 1.69. The topological polar surface area (TPSA) is 49.9 Å². The first-order valence-corrected chi connectivity index (χ1v) is 10.1. The second-order valence-corrected chi connectivity index (χ2v) is 8.81. The van der Waals surface area contributed by atoms with E-state index >= 15 is 0 Å². The van der Waals surface area contributed by atoms with E-state index in [4.69, 9.17) is 4.74 Å². The van der Waals surface area contributed by atoms with Crippen molar-refractivity contribution in [1.82, 2.24) is 9.80 Å². The lowest BCUT2D eigenvalue weighted by molar-refractivity contribution is -0.127. The number of ketones is 1. The lowest BCUT2D eigenvalue weighted by atomic mass is 9.86. The van der Waals surface area contributed by atoms with Crippen molar-refractivity contribution >= 4 is 11.7 Å². The number of benzene rings is 1. The maximum atomic E-state index is 12.6. The molecule has 5 nitrogen and oxygen atoms in total. The molecule has 2 saturated heterocycles. The molecule has 0 bridgehead atoms. The number of carbonyl (C=O) groups is 2. The minimum Gasteiger partial charge on any atom is -0.379 e. The average Bonchev–Trinajstić information content (AvgIpc) is 2.68. The first kappa shape index (κ1) is 20.0. The van der Waals surface area contributed by atoms with Crippen molar-refractivity contribution in [1.29, 1.82) is 0 Å². The standard InChI is InChI=1S/C22H32N2O3/c1-22(2,3)19-6-4-18(5-7-19)20(25)21(26)24-10-8-17(9-11-24)16-23-12-14-27-15-13-23/h4-7,17H,8-16H2,1-3H3. The normalized spacial score (nSPS) is 19.9. The molecule has 2 aliphatic heterocycles. The Bertz CT molecular complexity index is 649. The van der Waals surface area contributed by atoms with Gasteiger partial charge in [-0.15, -0.1) is 0 Å². The first-order valence-electron chi connectivity index (χ1n) is 10.1. The fourth-order valence-corrected chi connectivity index (χ4v) is 3.86. The van der Waals surface area contributed by atoms with Crippen LogP contribution < -0.4 is 0 Å². The van der Waals surface area contributed by atoms with E-state index in [2.05, 4.69) is 25.7 Å². The number of amides is 1. The molecule has 27 heavy (non-hydrogen) atoms. The second kappa shape index (κ2) is 8.53. The van der Waals surface area contributed by atoms with E-state index in [1.165, 1.54) is 0 Å². The summed E-state index contributed by atoms with van der Waals surface area (Å²) in [4.78, 5) is 29.4. The smallest absolute Gasteiger partial charge is 0.294 e. The van der Waals surface area contributed by atoms with Crippen molar-refractivity contribution in [3.05, 3.63) is 35.4 Å². The van der Waals surface area contributed by atoms with Crippen LogP contribution in [0.15, 0.2) is 24.3 Å². The van der Waals surface area contributed by atoms with Gasteiger partial charge < -0.3 is 9.64 Å². The Morgan fingerprint density at radius 2 is 1.59 bits per heavy atom. The SMILES string of the molecule is CC(C)(C)c1ccc(C(=O)C(=O)N2CCC(CN3CCOCC3)CC2)cc1. The maximum Gasteiger partial charge on any atom is 0.294 e. The molecule has 1 amide bonds.